The number of halogens is 3. The highest BCUT2D eigenvalue weighted by molar-refractivity contribution is 7.80. The summed E-state index contributed by atoms with van der Waals surface area (Å²) in [5, 5.41) is 1.24. The summed E-state index contributed by atoms with van der Waals surface area (Å²) in [6.45, 7) is 0. The Balaban J connectivity index is 2.83. The summed E-state index contributed by atoms with van der Waals surface area (Å²) >= 11 is 5.09. The van der Waals surface area contributed by atoms with Crippen molar-refractivity contribution in [2.24, 2.45) is 0 Å². The molecule has 0 bridgehead atoms. The summed E-state index contributed by atoms with van der Waals surface area (Å²) in [6, 6.07) is 2.78. The number of thiophene rings is 1. The Labute approximate surface area is 87.8 Å². The predicted octanol–water partition coefficient (Wildman–Crippen LogP) is 4.27. The molecule has 0 spiro atoms. The quantitative estimate of drug-likeness (QED) is 0.700. The number of rotatable bonds is 1. The summed E-state index contributed by atoms with van der Waals surface area (Å²) in [5.41, 5.74) is -0.286. The van der Waals surface area contributed by atoms with Crippen molar-refractivity contribution in [1.82, 2.24) is 0 Å². The van der Waals surface area contributed by atoms with E-state index in [4.69, 9.17) is 0 Å². The molecule has 74 valence electrons. The molecule has 0 amide bonds. The van der Waals surface area contributed by atoms with Crippen LogP contribution in [-0.2, 0) is 0 Å². The van der Waals surface area contributed by atoms with Crippen molar-refractivity contribution in [2.75, 3.05) is 0 Å². The van der Waals surface area contributed by atoms with E-state index in [1.165, 1.54) is 11.4 Å². The highest BCUT2D eigenvalue weighted by Gasteiger charge is 2.16. The van der Waals surface area contributed by atoms with E-state index < -0.39 is 12.2 Å². The van der Waals surface area contributed by atoms with Gasteiger partial charge in [-0.1, -0.05) is 0 Å². The average Bonchev–Trinajstić information content (AvgIpc) is 2.46. The molecule has 0 saturated carbocycles. The molecule has 0 aliphatic heterocycles. The number of benzene rings is 1. The van der Waals surface area contributed by atoms with E-state index in [2.05, 4.69) is 12.6 Å². The van der Waals surface area contributed by atoms with Crippen LogP contribution in [-0.4, -0.2) is 0 Å². The van der Waals surface area contributed by atoms with Crippen LogP contribution in [0.5, 0.6) is 0 Å². The van der Waals surface area contributed by atoms with E-state index in [9.17, 15) is 13.2 Å². The van der Waals surface area contributed by atoms with Gasteiger partial charge in [-0.15, -0.1) is 24.0 Å². The zero-order valence-electron chi connectivity index (χ0n) is 6.80. The molecular weight excluding hydrogens is 229 g/mol. The molecule has 0 fully saturated rings. The minimum atomic E-state index is -2.67. The second-order valence-corrected chi connectivity index (χ2v) is 4.22. The van der Waals surface area contributed by atoms with Gasteiger partial charge in [0.25, 0.3) is 6.43 Å². The molecule has 0 aliphatic carbocycles. The van der Waals surface area contributed by atoms with Crippen LogP contribution in [0, 0.1) is 5.82 Å². The molecule has 1 heterocycles. The van der Waals surface area contributed by atoms with E-state index in [0.717, 1.165) is 11.3 Å². The third kappa shape index (κ3) is 1.50. The molecule has 5 heteroatoms. The van der Waals surface area contributed by atoms with Crippen LogP contribution < -0.4 is 0 Å². The molecule has 0 radical (unpaired) electrons. The van der Waals surface area contributed by atoms with E-state index in [1.807, 2.05) is 0 Å². The minimum absolute atomic E-state index is 0.0165. The minimum Gasteiger partial charge on any atom is -0.205 e. The molecule has 14 heavy (non-hydrogen) atoms. The van der Waals surface area contributed by atoms with Crippen LogP contribution in [0.15, 0.2) is 22.4 Å². The van der Waals surface area contributed by atoms with Gasteiger partial charge in [0.15, 0.2) is 0 Å². The molecule has 0 aliphatic rings. The van der Waals surface area contributed by atoms with Crippen molar-refractivity contribution in [3.05, 3.63) is 28.9 Å². The Bertz CT molecular complexity index is 476. The van der Waals surface area contributed by atoms with E-state index >= 15 is 0 Å². The summed E-state index contributed by atoms with van der Waals surface area (Å²) in [7, 11) is 0. The first kappa shape index (κ1) is 9.86. The molecule has 2 aromatic rings. The van der Waals surface area contributed by atoms with E-state index in [1.54, 1.807) is 6.07 Å². The lowest BCUT2D eigenvalue weighted by atomic mass is 10.1. The molecule has 1 aromatic carbocycles. The maximum absolute atomic E-state index is 13.2. The smallest absolute Gasteiger partial charge is 0.205 e. The van der Waals surface area contributed by atoms with Crippen LogP contribution in [0.3, 0.4) is 0 Å². The fourth-order valence-corrected chi connectivity index (χ4v) is 2.55. The van der Waals surface area contributed by atoms with Crippen molar-refractivity contribution < 1.29 is 13.2 Å². The molecule has 0 nitrogen and oxygen atoms in total. The Hall–Kier alpha value is -0.680. The van der Waals surface area contributed by atoms with Gasteiger partial charge in [-0.25, -0.2) is 13.2 Å². The van der Waals surface area contributed by atoms with Gasteiger partial charge in [0.05, 0.1) is 0 Å². The lowest BCUT2D eigenvalue weighted by molar-refractivity contribution is 0.152. The topological polar surface area (TPSA) is 0 Å². The standard InChI is InChI=1S/C9H5F3S2/c10-6-3-14-7-2-4(13)1-5(8(6)7)9(11)12/h1-3,9,13H. The number of thiol groups is 1. The summed E-state index contributed by atoms with van der Waals surface area (Å²) in [4.78, 5) is 0.426. The zero-order valence-corrected chi connectivity index (χ0v) is 8.51. The maximum atomic E-state index is 13.2. The first-order valence-electron chi connectivity index (χ1n) is 3.77. The monoisotopic (exact) mass is 234 g/mol. The lowest BCUT2D eigenvalue weighted by Gasteiger charge is -2.03. The molecule has 0 N–H and O–H groups in total. The maximum Gasteiger partial charge on any atom is 0.264 e. The van der Waals surface area contributed by atoms with Gasteiger partial charge < -0.3 is 0 Å². The van der Waals surface area contributed by atoms with E-state index in [0.29, 0.717) is 9.60 Å². The third-order valence-electron chi connectivity index (χ3n) is 1.88. The number of hydrogen-bond donors (Lipinski definition) is 1. The Morgan fingerprint density at radius 3 is 2.64 bits per heavy atom. The largest absolute Gasteiger partial charge is 0.264 e. The number of hydrogen-bond acceptors (Lipinski definition) is 2. The number of alkyl halides is 2. The Morgan fingerprint density at radius 2 is 2.00 bits per heavy atom. The van der Waals surface area contributed by atoms with Crippen LogP contribution in [0.2, 0.25) is 0 Å². The van der Waals surface area contributed by atoms with Crippen LogP contribution in [0.4, 0.5) is 13.2 Å². The first-order valence-corrected chi connectivity index (χ1v) is 5.10. The van der Waals surface area contributed by atoms with Gasteiger partial charge in [0, 0.05) is 25.9 Å². The molecule has 2 rings (SSSR count). The zero-order chi connectivity index (χ0) is 10.3. The summed E-state index contributed by atoms with van der Waals surface area (Å²) < 4.78 is 38.7. The molecule has 0 atom stereocenters. The van der Waals surface area contributed by atoms with Crippen LogP contribution >= 0.6 is 24.0 Å². The SMILES string of the molecule is Fc1csc2cc(S)cc(C(F)F)c12. The van der Waals surface area contributed by atoms with Crippen LogP contribution in [0.1, 0.15) is 12.0 Å². The number of fused-ring (bicyclic) bond motifs is 1. The van der Waals surface area contributed by atoms with Crippen LogP contribution in [0.25, 0.3) is 10.1 Å². The van der Waals surface area contributed by atoms with Crippen molar-refractivity contribution in [3.8, 4) is 0 Å². The average molecular weight is 234 g/mol. The molecule has 0 saturated heterocycles. The summed E-state index contributed by atoms with van der Waals surface area (Å²) in [6.07, 6.45) is -2.67. The van der Waals surface area contributed by atoms with Crippen molar-refractivity contribution >= 4 is 34.1 Å². The third-order valence-corrected chi connectivity index (χ3v) is 3.04. The van der Waals surface area contributed by atoms with Crippen molar-refractivity contribution in [2.45, 2.75) is 11.3 Å². The summed E-state index contributed by atoms with van der Waals surface area (Å²) in [5.74, 6) is -0.589. The second kappa shape index (κ2) is 3.47. The van der Waals surface area contributed by atoms with Crippen molar-refractivity contribution in [1.29, 1.82) is 0 Å². The van der Waals surface area contributed by atoms with Gasteiger partial charge in [-0.05, 0) is 12.1 Å². The molecule has 0 unspecified atom stereocenters. The highest BCUT2D eigenvalue weighted by atomic mass is 32.1. The fraction of sp³-hybridized carbons (Fsp3) is 0.111. The first-order chi connectivity index (χ1) is 6.59. The van der Waals surface area contributed by atoms with Gasteiger partial charge in [-0.2, -0.15) is 0 Å². The van der Waals surface area contributed by atoms with Gasteiger partial charge >= 0.3 is 0 Å². The highest BCUT2D eigenvalue weighted by Crippen LogP contribution is 2.35. The van der Waals surface area contributed by atoms with Gasteiger partial charge in [-0.3, -0.25) is 0 Å². The van der Waals surface area contributed by atoms with Crippen molar-refractivity contribution in [3.63, 3.8) is 0 Å². The molecule has 1 aromatic heterocycles. The Morgan fingerprint density at radius 1 is 1.29 bits per heavy atom. The Kier molecular flexibility index (Phi) is 2.45. The fourth-order valence-electron chi connectivity index (χ4n) is 1.32. The van der Waals surface area contributed by atoms with E-state index in [-0.39, 0.29) is 10.9 Å². The normalized spacial score (nSPS) is 11.5. The predicted molar refractivity (Wildman–Crippen MR) is 54.0 cm³/mol. The van der Waals surface area contributed by atoms with Gasteiger partial charge in [0.2, 0.25) is 0 Å². The van der Waals surface area contributed by atoms with Gasteiger partial charge in [0.1, 0.15) is 5.82 Å². The molecular formula is C9H5F3S2. The lowest BCUT2D eigenvalue weighted by Crippen LogP contribution is -1.87. The second-order valence-electron chi connectivity index (χ2n) is 2.79.